The van der Waals surface area contributed by atoms with Crippen molar-refractivity contribution in [2.45, 2.75) is 19.9 Å². The van der Waals surface area contributed by atoms with E-state index in [-0.39, 0.29) is 6.04 Å². The van der Waals surface area contributed by atoms with Crippen LogP contribution in [0.5, 0.6) is 0 Å². The van der Waals surface area contributed by atoms with Crippen molar-refractivity contribution in [2.75, 3.05) is 13.2 Å². The lowest BCUT2D eigenvalue weighted by molar-refractivity contribution is 0.156. The highest BCUT2D eigenvalue weighted by Gasteiger charge is 2.06. The van der Waals surface area contributed by atoms with Gasteiger partial charge in [-0.2, -0.15) is 0 Å². The SMILES string of the molecule is Cc1ccc(C(C)NCCOC(N)=O)s1. The van der Waals surface area contributed by atoms with Gasteiger partial charge < -0.3 is 15.8 Å². The summed E-state index contributed by atoms with van der Waals surface area (Å²) in [6.45, 7) is 5.08. The van der Waals surface area contributed by atoms with Gasteiger partial charge in [-0.25, -0.2) is 4.79 Å². The predicted octanol–water partition coefficient (Wildman–Crippen LogP) is 1.80. The van der Waals surface area contributed by atoms with Crippen molar-refractivity contribution in [3.63, 3.8) is 0 Å². The van der Waals surface area contributed by atoms with Crippen LogP contribution < -0.4 is 11.1 Å². The molecule has 0 fully saturated rings. The molecule has 84 valence electrons. The molecule has 0 spiro atoms. The molecule has 1 heterocycles. The summed E-state index contributed by atoms with van der Waals surface area (Å²) < 4.78 is 4.61. The van der Waals surface area contributed by atoms with Gasteiger partial charge in [-0.05, 0) is 26.0 Å². The molecule has 0 bridgehead atoms. The van der Waals surface area contributed by atoms with Gasteiger partial charge in [-0.15, -0.1) is 11.3 Å². The number of carbonyl (C=O) groups is 1. The maximum absolute atomic E-state index is 10.3. The molecule has 1 rings (SSSR count). The van der Waals surface area contributed by atoms with Crippen LogP contribution in [-0.2, 0) is 4.74 Å². The van der Waals surface area contributed by atoms with E-state index in [1.165, 1.54) is 9.75 Å². The molecule has 0 aliphatic rings. The standard InChI is InChI=1S/C10H16N2O2S/c1-7-3-4-9(15-7)8(2)12-5-6-14-10(11)13/h3-4,8,12H,5-6H2,1-2H3,(H2,11,13). The molecule has 0 radical (unpaired) electrons. The number of amides is 1. The molecular formula is C10H16N2O2S. The van der Waals surface area contributed by atoms with Gasteiger partial charge in [0.25, 0.3) is 0 Å². The van der Waals surface area contributed by atoms with E-state index in [1.807, 2.05) is 0 Å². The monoisotopic (exact) mass is 228 g/mol. The van der Waals surface area contributed by atoms with E-state index in [1.54, 1.807) is 11.3 Å². The Labute approximate surface area is 93.4 Å². The number of hydrogen-bond donors (Lipinski definition) is 2. The zero-order valence-electron chi connectivity index (χ0n) is 8.95. The number of rotatable bonds is 5. The van der Waals surface area contributed by atoms with Gasteiger partial charge in [0.15, 0.2) is 0 Å². The molecule has 0 aliphatic heterocycles. The molecule has 1 atom stereocenters. The Bertz CT molecular complexity index is 325. The van der Waals surface area contributed by atoms with Gasteiger partial charge in [0.1, 0.15) is 6.61 Å². The van der Waals surface area contributed by atoms with E-state index >= 15 is 0 Å². The summed E-state index contributed by atoms with van der Waals surface area (Å²) in [5.74, 6) is 0. The summed E-state index contributed by atoms with van der Waals surface area (Å²) in [6.07, 6.45) is -0.726. The Balaban J connectivity index is 2.24. The molecular weight excluding hydrogens is 212 g/mol. The van der Waals surface area contributed by atoms with Crippen molar-refractivity contribution in [3.8, 4) is 0 Å². The minimum Gasteiger partial charge on any atom is -0.448 e. The van der Waals surface area contributed by atoms with Gasteiger partial charge in [0.2, 0.25) is 0 Å². The van der Waals surface area contributed by atoms with E-state index in [9.17, 15) is 4.79 Å². The number of ether oxygens (including phenoxy) is 1. The second kappa shape index (κ2) is 5.72. The van der Waals surface area contributed by atoms with Crippen molar-refractivity contribution in [1.82, 2.24) is 5.32 Å². The van der Waals surface area contributed by atoms with Crippen molar-refractivity contribution >= 4 is 17.4 Å². The molecule has 15 heavy (non-hydrogen) atoms. The van der Waals surface area contributed by atoms with Crippen LogP contribution in [0.15, 0.2) is 12.1 Å². The smallest absolute Gasteiger partial charge is 0.404 e. The van der Waals surface area contributed by atoms with Crippen LogP contribution in [0.25, 0.3) is 0 Å². The van der Waals surface area contributed by atoms with Crippen molar-refractivity contribution < 1.29 is 9.53 Å². The van der Waals surface area contributed by atoms with Gasteiger partial charge in [-0.1, -0.05) is 0 Å². The molecule has 5 heteroatoms. The minimum atomic E-state index is -0.726. The second-order valence-electron chi connectivity index (χ2n) is 3.29. The zero-order valence-corrected chi connectivity index (χ0v) is 9.76. The molecule has 4 nitrogen and oxygen atoms in total. The number of thiophene rings is 1. The lowest BCUT2D eigenvalue weighted by Gasteiger charge is -2.11. The lowest BCUT2D eigenvalue weighted by atomic mass is 10.3. The molecule has 1 amide bonds. The summed E-state index contributed by atoms with van der Waals surface area (Å²) >= 11 is 1.77. The summed E-state index contributed by atoms with van der Waals surface area (Å²) in [5, 5.41) is 3.25. The van der Waals surface area contributed by atoms with E-state index in [0.29, 0.717) is 13.2 Å². The minimum absolute atomic E-state index is 0.278. The second-order valence-corrected chi connectivity index (χ2v) is 4.61. The van der Waals surface area contributed by atoms with Crippen LogP contribution in [0.3, 0.4) is 0 Å². The van der Waals surface area contributed by atoms with Crippen LogP contribution in [0.2, 0.25) is 0 Å². The molecule has 0 saturated carbocycles. The topological polar surface area (TPSA) is 64.3 Å². The molecule has 1 unspecified atom stereocenters. The maximum atomic E-state index is 10.3. The van der Waals surface area contributed by atoms with E-state index < -0.39 is 6.09 Å². The Morgan fingerprint density at radius 1 is 1.67 bits per heavy atom. The highest BCUT2D eigenvalue weighted by molar-refractivity contribution is 7.12. The first-order chi connectivity index (χ1) is 7.09. The Morgan fingerprint density at radius 2 is 2.40 bits per heavy atom. The fraction of sp³-hybridized carbons (Fsp3) is 0.500. The fourth-order valence-corrected chi connectivity index (χ4v) is 2.12. The van der Waals surface area contributed by atoms with Crippen LogP contribution in [0, 0.1) is 6.92 Å². The van der Waals surface area contributed by atoms with Crippen molar-refractivity contribution in [2.24, 2.45) is 5.73 Å². The molecule has 0 aliphatic carbocycles. The lowest BCUT2D eigenvalue weighted by Crippen LogP contribution is -2.25. The first-order valence-corrected chi connectivity index (χ1v) is 5.63. The number of nitrogens with one attached hydrogen (secondary N) is 1. The number of aryl methyl sites for hydroxylation is 1. The van der Waals surface area contributed by atoms with E-state index in [4.69, 9.17) is 5.73 Å². The fourth-order valence-electron chi connectivity index (χ4n) is 1.21. The molecule has 0 aromatic carbocycles. The summed E-state index contributed by atoms with van der Waals surface area (Å²) in [5.41, 5.74) is 4.84. The largest absolute Gasteiger partial charge is 0.448 e. The van der Waals surface area contributed by atoms with Crippen LogP contribution in [-0.4, -0.2) is 19.2 Å². The van der Waals surface area contributed by atoms with Crippen LogP contribution in [0.4, 0.5) is 4.79 Å². The third kappa shape index (κ3) is 4.31. The van der Waals surface area contributed by atoms with Gasteiger partial charge >= 0.3 is 6.09 Å². The number of carbonyl (C=O) groups excluding carboxylic acids is 1. The Kier molecular flexibility index (Phi) is 4.58. The average molecular weight is 228 g/mol. The van der Waals surface area contributed by atoms with E-state index in [2.05, 4.69) is 36.0 Å². The average Bonchev–Trinajstić information content (AvgIpc) is 2.59. The van der Waals surface area contributed by atoms with Crippen LogP contribution >= 0.6 is 11.3 Å². The van der Waals surface area contributed by atoms with Gasteiger partial charge in [0, 0.05) is 22.3 Å². The Morgan fingerprint density at radius 3 is 2.93 bits per heavy atom. The highest BCUT2D eigenvalue weighted by atomic mass is 32.1. The summed E-state index contributed by atoms with van der Waals surface area (Å²) in [6, 6.07) is 4.48. The van der Waals surface area contributed by atoms with Crippen LogP contribution in [0.1, 0.15) is 22.7 Å². The molecule has 0 saturated heterocycles. The first-order valence-electron chi connectivity index (χ1n) is 4.81. The Hall–Kier alpha value is -1.07. The van der Waals surface area contributed by atoms with Gasteiger partial charge in [0.05, 0.1) is 0 Å². The van der Waals surface area contributed by atoms with E-state index in [0.717, 1.165) is 0 Å². The van der Waals surface area contributed by atoms with Gasteiger partial charge in [-0.3, -0.25) is 0 Å². The summed E-state index contributed by atoms with van der Waals surface area (Å²) in [4.78, 5) is 12.9. The highest BCUT2D eigenvalue weighted by Crippen LogP contribution is 2.21. The third-order valence-electron chi connectivity index (χ3n) is 1.98. The number of nitrogens with two attached hydrogens (primary N) is 1. The predicted molar refractivity (Wildman–Crippen MR) is 61.0 cm³/mol. The number of primary amides is 1. The molecule has 3 N–H and O–H groups in total. The molecule has 1 aromatic heterocycles. The normalized spacial score (nSPS) is 12.4. The first kappa shape index (κ1) is 12.0. The zero-order chi connectivity index (χ0) is 11.3. The van der Waals surface area contributed by atoms with Crippen molar-refractivity contribution in [1.29, 1.82) is 0 Å². The third-order valence-corrected chi connectivity index (χ3v) is 3.17. The van der Waals surface area contributed by atoms with Crippen molar-refractivity contribution in [3.05, 3.63) is 21.9 Å². The quantitative estimate of drug-likeness (QED) is 0.755. The summed E-state index contributed by atoms with van der Waals surface area (Å²) in [7, 11) is 0. The number of hydrogen-bond acceptors (Lipinski definition) is 4. The maximum Gasteiger partial charge on any atom is 0.404 e. The molecule has 1 aromatic rings.